The number of non-ortho nitro benzene ring substituents is 1. The molecule has 0 atom stereocenters. The first-order valence-electron chi connectivity index (χ1n) is 10.1. The quantitative estimate of drug-likeness (QED) is 0.262. The molecule has 0 unspecified atom stereocenters. The van der Waals surface area contributed by atoms with Crippen LogP contribution in [0.3, 0.4) is 0 Å². The first-order chi connectivity index (χ1) is 15.0. The Labute approximate surface area is 190 Å². The predicted molar refractivity (Wildman–Crippen MR) is 126 cm³/mol. The SMILES string of the molecule is CCOc1cc(CNc2ccc(CC)cc2)cc(Br)c1OCc1ccc([N+](=O)[O-])cc1. The summed E-state index contributed by atoms with van der Waals surface area (Å²) in [5.41, 5.74) is 4.31. The van der Waals surface area contributed by atoms with Crippen LogP contribution in [0.4, 0.5) is 11.4 Å². The summed E-state index contributed by atoms with van der Waals surface area (Å²) in [6.45, 7) is 5.50. The van der Waals surface area contributed by atoms with Gasteiger partial charge in [0, 0.05) is 24.4 Å². The average Bonchev–Trinajstić information content (AvgIpc) is 2.78. The zero-order chi connectivity index (χ0) is 22.2. The van der Waals surface area contributed by atoms with Gasteiger partial charge >= 0.3 is 0 Å². The van der Waals surface area contributed by atoms with Crippen LogP contribution in [0.25, 0.3) is 0 Å². The Morgan fingerprint density at radius 3 is 2.23 bits per heavy atom. The normalized spacial score (nSPS) is 10.5. The van der Waals surface area contributed by atoms with Crippen molar-refractivity contribution in [1.82, 2.24) is 0 Å². The Bertz CT molecular complexity index is 1020. The van der Waals surface area contributed by atoms with E-state index in [9.17, 15) is 10.1 Å². The summed E-state index contributed by atoms with van der Waals surface area (Å²) >= 11 is 3.60. The summed E-state index contributed by atoms with van der Waals surface area (Å²) < 4.78 is 12.6. The molecular formula is C24H25BrN2O4. The van der Waals surface area contributed by atoms with E-state index in [1.165, 1.54) is 17.7 Å². The summed E-state index contributed by atoms with van der Waals surface area (Å²) in [5, 5.41) is 14.2. The van der Waals surface area contributed by atoms with Gasteiger partial charge in [0.25, 0.3) is 5.69 Å². The van der Waals surface area contributed by atoms with Gasteiger partial charge in [0.15, 0.2) is 11.5 Å². The van der Waals surface area contributed by atoms with Crippen LogP contribution in [0, 0.1) is 10.1 Å². The molecule has 0 bridgehead atoms. The standard InChI is InChI=1S/C24H25BrN2O4/c1-3-17-5-9-20(10-6-17)26-15-19-13-22(25)24(23(14-19)30-4-2)31-16-18-7-11-21(12-8-18)27(28)29/h5-14,26H,3-4,15-16H2,1-2H3. The molecule has 0 aromatic heterocycles. The number of nitro benzene ring substituents is 1. The molecule has 31 heavy (non-hydrogen) atoms. The minimum Gasteiger partial charge on any atom is -0.490 e. The van der Waals surface area contributed by atoms with Crippen molar-refractivity contribution in [3.63, 3.8) is 0 Å². The van der Waals surface area contributed by atoms with Crippen LogP contribution < -0.4 is 14.8 Å². The highest BCUT2D eigenvalue weighted by Crippen LogP contribution is 2.37. The van der Waals surface area contributed by atoms with E-state index in [1.807, 2.05) is 19.1 Å². The molecule has 7 heteroatoms. The number of nitrogens with one attached hydrogen (secondary N) is 1. The second-order valence-corrected chi connectivity index (χ2v) is 7.81. The second-order valence-electron chi connectivity index (χ2n) is 6.95. The van der Waals surface area contributed by atoms with Gasteiger partial charge in [0.05, 0.1) is 16.0 Å². The van der Waals surface area contributed by atoms with Crippen molar-refractivity contribution in [3.05, 3.63) is 91.9 Å². The average molecular weight is 485 g/mol. The zero-order valence-corrected chi connectivity index (χ0v) is 19.1. The van der Waals surface area contributed by atoms with Gasteiger partial charge in [-0.1, -0.05) is 19.1 Å². The van der Waals surface area contributed by atoms with E-state index in [-0.39, 0.29) is 12.3 Å². The molecule has 6 nitrogen and oxygen atoms in total. The van der Waals surface area contributed by atoms with Gasteiger partial charge in [0.1, 0.15) is 6.61 Å². The molecule has 0 radical (unpaired) electrons. The number of halogens is 1. The number of aryl methyl sites for hydroxylation is 1. The summed E-state index contributed by atoms with van der Waals surface area (Å²) in [6, 6.07) is 18.7. The van der Waals surface area contributed by atoms with E-state index in [0.717, 1.165) is 27.7 Å². The van der Waals surface area contributed by atoms with E-state index in [2.05, 4.69) is 52.4 Å². The van der Waals surface area contributed by atoms with Crippen LogP contribution in [0.15, 0.2) is 65.1 Å². The van der Waals surface area contributed by atoms with Crippen LogP contribution >= 0.6 is 15.9 Å². The molecular weight excluding hydrogens is 460 g/mol. The minimum absolute atomic E-state index is 0.0566. The maximum atomic E-state index is 10.8. The van der Waals surface area contributed by atoms with Crippen molar-refractivity contribution in [1.29, 1.82) is 0 Å². The maximum absolute atomic E-state index is 10.8. The van der Waals surface area contributed by atoms with Crippen molar-refractivity contribution in [2.24, 2.45) is 0 Å². The Kier molecular flexibility index (Phi) is 7.89. The molecule has 0 fully saturated rings. The number of anilines is 1. The van der Waals surface area contributed by atoms with E-state index in [0.29, 0.717) is 24.7 Å². The van der Waals surface area contributed by atoms with Crippen molar-refractivity contribution in [2.75, 3.05) is 11.9 Å². The topological polar surface area (TPSA) is 73.6 Å². The van der Waals surface area contributed by atoms with Crippen LogP contribution in [0.5, 0.6) is 11.5 Å². The third-order valence-electron chi connectivity index (χ3n) is 4.76. The molecule has 3 rings (SSSR count). The third-order valence-corrected chi connectivity index (χ3v) is 5.35. The van der Waals surface area contributed by atoms with E-state index >= 15 is 0 Å². The van der Waals surface area contributed by atoms with E-state index in [1.54, 1.807) is 12.1 Å². The van der Waals surface area contributed by atoms with Crippen molar-refractivity contribution in [3.8, 4) is 11.5 Å². The van der Waals surface area contributed by atoms with Crippen LogP contribution in [0.1, 0.15) is 30.5 Å². The lowest BCUT2D eigenvalue weighted by atomic mass is 10.1. The number of nitrogens with zero attached hydrogens (tertiary/aromatic N) is 1. The Morgan fingerprint density at radius 2 is 1.61 bits per heavy atom. The summed E-state index contributed by atoms with van der Waals surface area (Å²) in [4.78, 5) is 10.4. The van der Waals surface area contributed by atoms with Gasteiger partial charge in [-0.15, -0.1) is 0 Å². The summed E-state index contributed by atoms with van der Waals surface area (Å²) in [7, 11) is 0. The lowest BCUT2D eigenvalue weighted by Gasteiger charge is -2.16. The van der Waals surface area contributed by atoms with Gasteiger partial charge < -0.3 is 14.8 Å². The lowest BCUT2D eigenvalue weighted by molar-refractivity contribution is -0.384. The second kappa shape index (κ2) is 10.8. The molecule has 3 aromatic carbocycles. The maximum Gasteiger partial charge on any atom is 0.269 e. The molecule has 0 heterocycles. The fraction of sp³-hybridized carbons (Fsp3) is 0.250. The molecule has 0 aliphatic carbocycles. The highest BCUT2D eigenvalue weighted by Gasteiger charge is 2.13. The van der Waals surface area contributed by atoms with Crippen LogP contribution in [-0.4, -0.2) is 11.5 Å². The number of nitro groups is 1. The first-order valence-corrected chi connectivity index (χ1v) is 10.9. The predicted octanol–water partition coefficient (Wildman–Crippen LogP) is 6.51. The smallest absolute Gasteiger partial charge is 0.269 e. The van der Waals surface area contributed by atoms with E-state index < -0.39 is 4.92 Å². The van der Waals surface area contributed by atoms with Crippen molar-refractivity contribution < 1.29 is 14.4 Å². The van der Waals surface area contributed by atoms with Gasteiger partial charge in [-0.3, -0.25) is 10.1 Å². The molecule has 1 N–H and O–H groups in total. The molecule has 0 saturated carbocycles. The Morgan fingerprint density at radius 1 is 0.935 bits per heavy atom. The Hall–Kier alpha value is -3.06. The van der Waals surface area contributed by atoms with Crippen LogP contribution in [0.2, 0.25) is 0 Å². The largest absolute Gasteiger partial charge is 0.490 e. The fourth-order valence-electron chi connectivity index (χ4n) is 3.06. The molecule has 162 valence electrons. The van der Waals surface area contributed by atoms with Gasteiger partial charge in [-0.05, 0) is 82.4 Å². The summed E-state index contributed by atoms with van der Waals surface area (Å²) in [6.07, 6.45) is 1.02. The van der Waals surface area contributed by atoms with Gasteiger partial charge in [0.2, 0.25) is 0 Å². The number of benzene rings is 3. The minimum atomic E-state index is -0.417. The molecule has 0 amide bonds. The number of hydrogen-bond donors (Lipinski definition) is 1. The first kappa shape index (κ1) is 22.6. The number of hydrogen-bond acceptors (Lipinski definition) is 5. The molecule has 0 saturated heterocycles. The molecule has 0 aliphatic rings. The lowest BCUT2D eigenvalue weighted by Crippen LogP contribution is -2.04. The summed E-state index contributed by atoms with van der Waals surface area (Å²) in [5.74, 6) is 1.26. The zero-order valence-electron chi connectivity index (χ0n) is 17.6. The fourth-order valence-corrected chi connectivity index (χ4v) is 3.66. The Balaban J connectivity index is 1.70. The number of rotatable bonds is 10. The third kappa shape index (κ3) is 6.21. The van der Waals surface area contributed by atoms with E-state index in [4.69, 9.17) is 9.47 Å². The van der Waals surface area contributed by atoms with Crippen LogP contribution in [-0.2, 0) is 19.6 Å². The highest BCUT2D eigenvalue weighted by molar-refractivity contribution is 9.10. The van der Waals surface area contributed by atoms with Gasteiger partial charge in [-0.25, -0.2) is 0 Å². The molecule has 0 aliphatic heterocycles. The van der Waals surface area contributed by atoms with Crippen molar-refractivity contribution >= 4 is 27.3 Å². The van der Waals surface area contributed by atoms with Gasteiger partial charge in [-0.2, -0.15) is 0 Å². The van der Waals surface area contributed by atoms with Crippen molar-refractivity contribution in [2.45, 2.75) is 33.4 Å². The molecule has 3 aromatic rings. The monoisotopic (exact) mass is 484 g/mol. The molecule has 0 spiro atoms. The highest BCUT2D eigenvalue weighted by atomic mass is 79.9. The number of ether oxygens (including phenoxy) is 2.